The molecule has 0 spiro atoms. The van der Waals surface area contributed by atoms with E-state index < -0.39 is 0 Å². The first-order valence-electron chi connectivity index (χ1n) is 9.17. The van der Waals surface area contributed by atoms with E-state index in [0.717, 1.165) is 16.3 Å². The summed E-state index contributed by atoms with van der Waals surface area (Å²) in [6.07, 6.45) is 0. The summed E-state index contributed by atoms with van der Waals surface area (Å²) in [4.78, 5) is 14.6. The molecule has 3 aromatic rings. The molecule has 7 nitrogen and oxygen atoms in total. The molecule has 1 aromatic heterocycles. The number of benzene rings is 2. The van der Waals surface area contributed by atoms with Crippen LogP contribution in [0.3, 0.4) is 0 Å². The third-order valence-electron chi connectivity index (χ3n) is 4.16. The minimum atomic E-state index is -0.168. The van der Waals surface area contributed by atoms with Crippen LogP contribution in [0, 0.1) is 0 Å². The maximum atomic E-state index is 13.1. The van der Waals surface area contributed by atoms with E-state index in [1.807, 2.05) is 31.2 Å². The van der Waals surface area contributed by atoms with Gasteiger partial charge in [-0.2, -0.15) is 0 Å². The minimum Gasteiger partial charge on any atom is -0.497 e. The number of methoxy groups -OCH3 is 2. The number of anilines is 1. The Morgan fingerprint density at radius 2 is 1.69 bits per heavy atom. The van der Waals surface area contributed by atoms with Gasteiger partial charge in [0.05, 0.1) is 26.9 Å². The van der Waals surface area contributed by atoms with Gasteiger partial charge in [-0.25, -0.2) is 0 Å². The summed E-state index contributed by atoms with van der Waals surface area (Å²) in [5.41, 5.74) is 1.46. The number of nitrogens with zero attached hydrogens (tertiary/aromatic N) is 3. The van der Waals surface area contributed by atoms with E-state index in [0.29, 0.717) is 36.2 Å². The normalized spacial score (nSPS) is 10.6. The molecular weight excluding hydrogens is 390 g/mol. The van der Waals surface area contributed by atoms with Gasteiger partial charge in [-0.1, -0.05) is 11.3 Å². The number of aromatic nitrogens is 2. The predicted octanol–water partition coefficient (Wildman–Crippen LogP) is 3.91. The molecule has 0 atom stereocenters. The smallest absolute Gasteiger partial charge is 0.260 e. The first-order chi connectivity index (χ1) is 14.2. The van der Waals surface area contributed by atoms with Gasteiger partial charge < -0.3 is 14.2 Å². The number of ether oxygens (including phenoxy) is 3. The van der Waals surface area contributed by atoms with Crippen LogP contribution in [0.1, 0.15) is 17.3 Å². The van der Waals surface area contributed by atoms with Crippen LogP contribution >= 0.6 is 11.3 Å². The summed E-state index contributed by atoms with van der Waals surface area (Å²) in [6.45, 7) is 3.32. The minimum absolute atomic E-state index is 0.168. The van der Waals surface area contributed by atoms with Crippen molar-refractivity contribution in [3.8, 4) is 22.1 Å². The lowest BCUT2D eigenvalue weighted by Crippen LogP contribution is -2.33. The molecule has 1 amide bonds. The molecule has 8 heteroatoms. The standard InChI is InChI=1S/C21H23N3O4S/c1-4-28-18-11-5-15(6-12-18)19-22-23-21(29-19)24(13-14-26-2)20(25)16-7-9-17(27-3)10-8-16/h5-12H,4,13-14H2,1-3H3. The molecule has 0 aliphatic heterocycles. The van der Waals surface area contributed by atoms with Crippen molar-refractivity contribution >= 4 is 22.4 Å². The third-order valence-corrected chi connectivity index (χ3v) is 5.15. The highest BCUT2D eigenvalue weighted by Crippen LogP contribution is 2.30. The van der Waals surface area contributed by atoms with E-state index in [2.05, 4.69) is 10.2 Å². The van der Waals surface area contributed by atoms with Crippen molar-refractivity contribution in [2.24, 2.45) is 0 Å². The van der Waals surface area contributed by atoms with Crippen LogP contribution in [0.4, 0.5) is 5.13 Å². The number of rotatable bonds is 9. The third kappa shape index (κ3) is 5.10. The summed E-state index contributed by atoms with van der Waals surface area (Å²) >= 11 is 1.36. The Hall–Kier alpha value is -2.97. The van der Waals surface area contributed by atoms with E-state index in [9.17, 15) is 4.79 Å². The summed E-state index contributed by atoms with van der Waals surface area (Å²) in [5.74, 6) is 1.33. The van der Waals surface area contributed by atoms with E-state index >= 15 is 0 Å². The second-order valence-electron chi connectivity index (χ2n) is 6.03. The van der Waals surface area contributed by atoms with E-state index in [1.165, 1.54) is 11.3 Å². The molecule has 3 rings (SSSR count). The number of hydrogen-bond acceptors (Lipinski definition) is 7. The highest BCUT2D eigenvalue weighted by molar-refractivity contribution is 7.18. The number of hydrogen-bond donors (Lipinski definition) is 0. The van der Waals surface area contributed by atoms with Crippen molar-refractivity contribution < 1.29 is 19.0 Å². The summed E-state index contributed by atoms with van der Waals surface area (Å²) in [6, 6.07) is 14.6. The summed E-state index contributed by atoms with van der Waals surface area (Å²) < 4.78 is 15.8. The molecule has 0 unspecified atom stereocenters. The van der Waals surface area contributed by atoms with Gasteiger partial charge in [0.25, 0.3) is 5.91 Å². The van der Waals surface area contributed by atoms with Gasteiger partial charge >= 0.3 is 0 Å². The molecule has 0 saturated carbocycles. The zero-order valence-corrected chi connectivity index (χ0v) is 17.4. The molecular formula is C21H23N3O4S. The average Bonchev–Trinajstić information content (AvgIpc) is 3.24. The van der Waals surface area contributed by atoms with E-state index in [4.69, 9.17) is 14.2 Å². The Kier molecular flexibility index (Phi) is 7.15. The molecule has 2 aromatic carbocycles. The van der Waals surface area contributed by atoms with Gasteiger partial charge in [0.15, 0.2) is 0 Å². The molecule has 0 N–H and O–H groups in total. The SMILES string of the molecule is CCOc1ccc(-c2nnc(N(CCOC)C(=O)c3ccc(OC)cc3)s2)cc1. The second kappa shape index (κ2) is 9.99. The topological polar surface area (TPSA) is 73.8 Å². The fourth-order valence-electron chi connectivity index (χ4n) is 2.66. The van der Waals surface area contributed by atoms with Crippen LogP contribution in [0.15, 0.2) is 48.5 Å². The summed E-state index contributed by atoms with van der Waals surface area (Å²) in [5, 5.41) is 9.76. The maximum Gasteiger partial charge on any atom is 0.260 e. The van der Waals surface area contributed by atoms with Crippen molar-refractivity contribution in [1.82, 2.24) is 10.2 Å². The number of carbonyl (C=O) groups is 1. The van der Waals surface area contributed by atoms with Crippen molar-refractivity contribution in [1.29, 1.82) is 0 Å². The van der Waals surface area contributed by atoms with Gasteiger partial charge in [0.1, 0.15) is 16.5 Å². The zero-order valence-electron chi connectivity index (χ0n) is 16.6. The highest BCUT2D eigenvalue weighted by Gasteiger charge is 2.22. The van der Waals surface area contributed by atoms with Crippen LogP contribution in [0.25, 0.3) is 10.6 Å². The van der Waals surface area contributed by atoms with Gasteiger partial charge in [0.2, 0.25) is 5.13 Å². The van der Waals surface area contributed by atoms with E-state index in [-0.39, 0.29) is 5.91 Å². The van der Waals surface area contributed by atoms with Crippen LogP contribution in [0.2, 0.25) is 0 Å². The Bertz CT molecular complexity index is 926. The Morgan fingerprint density at radius 3 is 2.31 bits per heavy atom. The lowest BCUT2D eigenvalue weighted by Gasteiger charge is -2.19. The van der Waals surface area contributed by atoms with Gasteiger partial charge in [-0.15, -0.1) is 10.2 Å². The van der Waals surface area contributed by atoms with Crippen LogP contribution < -0.4 is 14.4 Å². The molecule has 0 bridgehead atoms. The van der Waals surface area contributed by atoms with E-state index in [1.54, 1.807) is 43.4 Å². The second-order valence-corrected chi connectivity index (χ2v) is 6.98. The molecule has 1 heterocycles. The van der Waals surface area contributed by atoms with Gasteiger partial charge in [-0.3, -0.25) is 9.69 Å². The monoisotopic (exact) mass is 413 g/mol. The highest BCUT2D eigenvalue weighted by atomic mass is 32.1. The first-order valence-corrected chi connectivity index (χ1v) is 9.99. The summed E-state index contributed by atoms with van der Waals surface area (Å²) in [7, 11) is 3.19. The molecule has 0 saturated heterocycles. The average molecular weight is 413 g/mol. The Balaban J connectivity index is 1.84. The van der Waals surface area contributed by atoms with Crippen LogP contribution in [0.5, 0.6) is 11.5 Å². The maximum absolute atomic E-state index is 13.1. The van der Waals surface area contributed by atoms with Gasteiger partial charge in [-0.05, 0) is 55.5 Å². The Morgan fingerprint density at radius 1 is 1.00 bits per heavy atom. The predicted molar refractivity (Wildman–Crippen MR) is 113 cm³/mol. The molecule has 152 valence electrons. The van der Waals surface area contributed by atoms with Crippen molar-refractivity contribution in [3.63, 3.8) is 0 Å². The fourth-order valence-corrected chi connectivity index (χ4v) is 3.53. The molecule has 0 fully saturated rings. The van der Waals surface area contributed by atoms with Crippen molar-refractivity contribution in [2.45, 2.75) is 6.92 Å². The first kappa shape index (κ1) is 20.8. The molecule has 0 radical (unpaired) electrons. The largest absolute Gasteiger partial charge is 0.497 e. The lowest BCUT2D eigenvalue weighted by molar-refractivity contribution is 0.0975. The molecule has 0 aliphatic carbocycles. The quantitative estimate of drug-likeness (QED) is 0.530. The lowest BCUT2D eigenvalue weighted by atomic mass is 10.2. The number of amides is 1. The van der Waals surface area contributed by atoms with Gasteiger partial charge in [0, 0.05) is 18.2 Å². The fraction of sp³-hybridized carbons (Fsp3) is 0.286. The number of carbonyl (C=O) groups excluding carboxylic acids is 1. The molecule has 0 aliphatic rings. The van der Waals surface area contributed by atoms with Crippen molar-refractivity contribution in [3.05, 3.63) is 54.1 Å². The van der Waals surface area contributed by atoms with Crippen LogP contribution in [-0.4, -0.2) is 50.1 Å². The zero-order chi connectivity index (χ0) is 20.6. The van der Waals surface area contributed by atoms with Crippen LogP contribution in [-0.2, 0) is 4.74 Å². The van der Waals surface area contributed by atoms with Crippen molar-refractivity contribution in [2.75, 3.05) is 38.9 Å². The molecule has 29 heavy (non-hydrogen) atoms. The Labute approximate surface area is 173 Å².